The fourth-order valence-corrected chi connectivity index (χ4v) is 4.40. The second-order valence-electron chi connectivity index (χ2n) is 8.11. The van der Waals surface area contributed by atoms with Crippen LogP contribution < -0.4 is 0 Å². The Bertz CT molecular complexity index is 1200. The van der Waals surface area contributed by atoms with Gasteiger partial charge >= 0.3 is 0 Å². The minimum atomic E-state index is 0.173. The van der Waals surface area contributed by atoms with Gasteiger partial charge in [-0.05, 0) is 30.4 Å². The molecule has 1 amide bonds. The maximum atomic E-state index is 13.1. The van der Waals surface area contributed by atoms with E-state index >= 15 is 0 Å². The van der Waals surface area contributed by atoms with Crippen molar-refractivity contribution >= 4 is 16.8 Å². The molecule has 3 aromatic heterocycles. The predicted octanol–water partition coefficient (Wildman–Crippen LogP) is 3.04. The third-order valence-corrected chi connectivity index (χ3v) is 5.92. The molecule has 1 fully saturated rings. The van der Waals surface area contributed by atoms with E-state index in [1.807, 2.05) is 24.1 Å². The van der Waals surface area contributed by atoms with Crippen molar-refractivity contribution in [3.8, 4) is 11.5 Å². The molecule has 5 rings (SSSR count). The van der Waals surface area contributed by atoms with E-state index in [1.165, 1.54) is 0 Å². The number of rotatable bonds is 5. The van der Waals surface area contributed by atoms with Gasteiger partial charge in [-0.1, -0.05) is 23.4 Å². The number of aromatic nitrogens is 5. The number of carbonyl (C=O) groups excluding carboxylic acids is 1. The van der Waals surface area contributed by atoms with Gasteiger partial charge in [0.2, 0.25) is 17.6 Å². The van der Waals surface area contributed by atoms with Crippen molar-refractivity contribution in [2.45, 2.75) is 25.7 Å². The summed E-state index contributed by atoms with van der Waals surface area (Å²) in [5.41, 5.74) is 2.82. The number of fused-ring (bicyclic) bond motifs is 1. The molecule has 1 aliphatic rings. The van der Waals surface area contributed by atoms with Crippen molar-refractivity contribution in [3.63, 3.8) is 0 Å². The van der Waals surface area contributed by atoms with Gasteiger partial charge in [0.25, 0.3) is 0 Å². The quantitative estimate of drug-likeness (QED) is 0.497. The lowest BCUT2D eigenvalue weighted by molar-refractivity contribution is -0.132. The second-order valence-corrected chi connectivity index (χ2v) is 8.11. The summed E-state index contributed by atoms with van der Waals surface area (Å²) in [5.74, 6) is 1.50. The number of nitrogens with zero attached hydrogens (tertiary/aromatic N) is 6. The molecule has 0 bridgehead atoms. The predicted molar refractivity (Wildman–Crippen MR) is 115 cm³/mol. The van der Waals surface area contributed by atoms with Crippen LogP contribution in [-0.4, -0.2) is 48.6 Å². The summed E-state index contributed by atoms with van der Waals surface area (Å²) in [6, 6.07) is 8.21. The molecular formula is C23H24N6O2. The van der Waals surface area contributed by atoms with E-state index in [1.54, 1.807) is 18.6 Å². The van der Waals surface area contributed by atoms with Gasteiger partial charge in [-0.25, -0.2) is 4.98 Å². The average molecular weight is 416 g/mol. The van der Waals surface area contributed by atoms with Crippen molar-refractivity contribution in [1.82, 2.24) is 29.6 Å². The highest BCUT2D eigenvalue weighted by Crippen LogP contribution is 2.24. The van der Waals surface area contributed by atoms with Crippen LogP contribution in [0.5, 0.6) is 0 Å². The molecule has 0 spiro atoms. The highest BCUT2D eigenvalue weighted by Gasteiger charge is 2.26. The maximum Gasteiger partial charge on any atom is 0.227 e. The van der Waals surface area contributed by atoms with E-state index in [4.69, 9.17) is 4.52 Å². The number of para-hydroxylation sites is 1. The Labute approximate surface area is 179 Å². The molecule has 8 nitrogen and oxygen atoms in total. The minimum absolute atomic E-state index is 0.173. The third kappa shape index (κ3) is 4.05. The first-order valence-electron chi connectivity index (χ1n) is 10.6. The maximum absolute atomic E-state index is 13.1. The molecule has 1 saturated heterocycles. The second kappa shape index (κ2) is 8.29. The Hall–Kier alpha value is -3.55. The van der Waals surface area contributed by atoms with Gasteiger partial charge in [0, 0.05) is 56.1 Å². The summed E-state index contributed by atoms with van der Waals surface area (Å²) in [7, 11) is 2.02. The van der Waals surface area contributed by atoms with Crippen LogP contribution in [0.15, 0.2) is 53.6 Å². The molecule has 1 atom stereocenters. The summed E-state index contributed by atoms with van der Waals surface area (Å²) in [6.45, 7) is 1.52. The fourth-order valence-electron chi connectivity index (χ4n) is 4.40. The lowest BCUT2D eigenvalue weighted by atomic mass is 9.94. The molecule has 4 heterocycles. The van der Waals surface area contributed by atoms with Crippen molar-refractivity contribution < 1.29 is 9.32 Å². The molecule has 158 valence electrons. The van der Waals surface area contributed by atoms with E-state index in [0.29, 0.717) is 42.7 Å². The van der Waals surface area contributed by atoms with E-state index < -0.39 is 0 Å². The SMILES string of the molecule is Cn1cc(CC(=O)N2CCC[C@H](Cc3nc(-c4cnccn4)no3)C2)c2ccccc21. The smallest absolute Gasteiger partial charge is 0.227 e. The number of amides is 1. The van der Waals surface area contributed by atoms with Gasteiger partial charge in [0.05, 0.1) is 12.6 Å². The number of hydrogen-bond acceptors (Lipinski definition) is 6. The number of benzene rings is 1. The van der Waals surface area contributed by atoms with Gasteiger partial charge in [-0.15, -0.1) is 0 Å². The zero-order chi connectivity index (χ0) is 21.2. The molecular weight excluding hydrogens is 392 g/mol. The van der Waals surface area contributed by atoms with Crippen LogP contribution in [0.4, 0.5) is 0 Å². The first kappa shape index (κ1) is 19.4. The Morgan fingerprint density at radius 1 is 1.26 bits per heavy atom. The Morgan fingerprint density at radius 3 is 3.03 bits per heavy atom. The van der Waals surface area contributed by atoms with Crippen molar-refractivity contribution in [2.75, 3.05) is 13.1 Å². The molecule has 1 aromatic carbocycles. The van der Waals surface area contributed by atoms with Gasteiger partial charge < -0.3 is 14.0 Å². The number of aryl methyl sites for hydroxylation is 1. The number of likely N-dealkylation sites (tertiary alicyclic amines) is 1. The fraction of sp³-hybridized carbons (Fsp3) is 0.348. The Kier molecular flexibility index (Phi) is 5.19. The van der Waals surface area contributed by atoms with Crippen LogP contribution in [0.1, 0.15) is 24.3 Å². The standard InChI is InChI=1S/C23H24N6O2/c1-28-15-17(18-6-2-3-7-20(18)28)12-22(30)29-10-4-5-16(14-29)11-21-26-23(27-31-21)19-13-24-8-9-25-19/h2-3,6-9,13,15-16H,4-5,10-12,14H2,1H3/t16-/m1/s1. The lowest BCUT2D eigenvalue weighted by Gasteiger charge is -2.32. The topological polar surface area (TPSA) is 89.9 Å². The minimum Gasteiger partial charge on any atom is -0.350 e. The van der Waals surface area contributed by atoms with Gasteiger partial charge in [0.15, 0.2) is 0 Å². The summed E-state index contributed by atoms with van der Waals surface area (Å²) < 4.78 is 7.51. The highest BCUT2D eigenvalue weighted by molar-refractivity contribution is 5.89. The summed E-state index contributed by atoms with van der Waals surface area (Å²) in [4.78, 5) is 27.7. The zero-order valence-electron chi connectivity index (χ0n) is 17.4. The van der Waals surface area contributed by atoms with Crippen LogP contribution in [-0.2, 0) is 24.7 Å². The van der Waals surface area contributed by atoms with Crippen LogP contribution in [0.25, 0.3) is 22.4 Å². The molecule has 1 aliphatic heterocycles. The average Bonchev–Trinajstić information content (AvgIpc) is 3.39. The summed E-state index contributed by atoms with van der Waals surface area (Å²) in [6.07, 6.45) is 10.00. The number of hydrogen-bond donors (Lipinski definition) is 0. The first-order valence-corrected chi connectivity index (χ1v) is 10.6. The van der Waals surface area contributed by atoms with Crippen LogP contribution in [0.2, 0.25) is 0 Å². The Morgan fingerprint density at radius 2 is 2.16 bits per heavy atom. The van der Waals surface area contributed by atoms with E-state index in [0.717, 1.165) is 35.9 Å². The lowest BCUT2D eigenvalue weighted by Crippen LogP contribution is -2.41. The normalized spacial score (nSPS) is 16.7. The van der Waals surface area contributed by atoms with Crippen LogP contribution in [0.3, 0.4) is 0 Å². The summed E-state index contributed by atoms with van der Waals surface area (Å²) in [5, 5.41) is 5.17. The molecule has 4 aromatic rings. The summed E-state index contributed by atoms with van der Waals surface area (Å²) >= 11 is 0. The van der Waals surface area contributed by atoms with Gasteiger partial charge in [-0.2, -0.15) is 4.98 Å². The molecule has 0 unspecified atom stereocenters. The zero-order valence-corrected chi connectivity index (χ0v) is 17.4. The molecule has 8 heteroatoms. The number of piperidine rings is 1. The van der Waals surface area contributed by atoms with Crippen molar-refractivity contribution in [1.29, 1.82) is 0 Å². The molecule has 0 N–H and O–H groups in total. The largest absolute Gasteiger partial charge is 0.350 e. The molecule has 0 aliphatic carbocycles. The molecule has 0 saturated carbocycles. The van der Waals surface area contributed by atoms with E-state index in [2.05, 4.69) is 43.0 Å². The van der Waals surface area contributed by atoms with Crippen molar-refractivity contribution in [3.05, 3.63) is 60.5 Å². The van der Waals surface area contributed by atoms with Gasteiger partial charge in [-0.3, -0.25) is 9.78 Å². The van der Waals surface area contributed by atoms with Crippen LogP contribution in [0, 0.1) is 5.92 Å². The highest BCUT2D eigenvalue weighted by atomic mass is 16.5. The number of carbonyl (C=O) groups is 1. The van der Waals surface area contributed by atoms with Crippen molar-refractivity contribution in [2.24, 2.45) is 13.0 Å². The Balaban J connectivity index is 1.24. The molecule has 0 radical (unpaired) electrons. The monoisotopic (exact) mass is 416 g/mol. The van der Waals surface area contributed by atoms with Gasteiger partial charge in [0.1, 0.15) is 5.69 Å². The molecule has 31 heavy (non-hydrogen) atoms. The first-order chi connectivity index (χ1) is 15.2. The van der Waals surface area contributed by atoms with E-state index in [9.17, 15) is 4.79 Å². The van der Waals surface area contributed by atoms with E-state index in [-0.39, 0.29) is 5.91 Å². The van der Waals surface area contributed by atoms with Crippen LogP contribution >= 0.6 is 0 Å². The third-order valence-electron chi connectivity index (χ3n) is 5.92.